The monoisotopic (exact) mass is 387 g/mol. The number of hydrogen-bond donors (Lipinski definition) is 0. The van der Waals surface area contributed by atoms with Gasteiger partial charge in [-0.3, -0.25) is 4.79 Å². The minimum atomic E-state index is -0.248. The molecule has 3 aliphatic rings. The predicted octanol–water partition coefficient (Wildman–Crippen LogP) is 3.39. The normalized spacial score (nSPS) is 29.2. The SMILES string of the molecule is CCOC(=O)C1[C@H]2CC(OC3CCN(C(=O)OCc4ccccc4)CC3)C[C@@H]12. The Labute approximate surface area is 166 Å². The minimum Gasteiger partial charge on any atom is -0.466 e. The molecule has 1 amide bonds. The fraction of sp³-hybridized carbons (Fsp3) is 0.636. The Hall–Kier alpha value is -2.08. The fourth-order valence-corrected chi connectivity index (χ4v) is 4.75. The molecule has 3 fully saturated rings. The smallest absolute Gasteiger partial charge is 0.410 e. The minimum absolute atomic E-state index is 0.0294. The molecule has 1 aromatic carbocycles. The number of fused-ring (bicyclic) bond motifs is 1. The molecular weight excluding hydrogens is 358 g/mol. The first-order valence-electron chi connectivity index (χ1n) is 10.4. The van der Waals surface area contributed by atoms with Crippen LogP contribution in [0.2, 0.25) is 0 Å². The van der Waals surface area contributed by atoms with Gasteiger partial charge in [0.2, 0.25) is 0 Å². The molecule has 2 unspecified atom stereocenters. The Morgan fingerprint density at radius 1 is 1.00 bits per heavy atom. The number of hydrogen-bond acceptors (Lipinski definition) is 5. The van der Waals surface area contributed by atoms with Crippen LogP contribution >= 0.6 is 0 Å². The Morgan fingerprint density at radius 2 is 1.68 bits per heavy atom. The average molecular weight is 387 g/mol. The third-order valence-corrected chi connectivity index (χ3v) is 6.25. The second-order valence-corrected chi connectivity index (χ2v) is 8.06. The lowest BCUT2D eigenvalue weighted by atomic mass is 10.1. The summed E-state index contributed by atoms with van der Waals surface area (Å²) >= 11 is 0. The topological polar surface area (TPSA) is 65.1 Å². The van der Waals surface area contributed by atoms with E-state index in [2.05, 4.69) is 0 Å². The third kappa shape index (κ3) is 4.32. The highest BCUT2D eigenvalue weighted by Gasteiger charge is 2.60. The van der Waals surface area contributed by atoms with Crippen molar-refractivity contribution in [3.05, 3.63) is 35.9 Å². The highest BCUT2D eigenvalue weighted by molar-refractivity contribution is 5.76. The van der Waals surface area contributed by atoms with Gasteiger partial charge in [0.25, 0.3) is 0 Å². The Bertz CT molecular complexity index is 673. The lowest BCUT2D eigenvalue weighted by Gasteiger charge is -2.33. The molecule has 6 nitrogen and oxygen atoms in total. The highest BCUT2D eigenvalue weighted by Crippen LogP contribution is 2.58. The van der Waals surface area contributed by atoms with E-state index < -0.39 is 0 Å². The van der Waals surface area contributed by atoms with Gasteiger partial charge < -0.3 is 19.1 Å². The van der Waals surface area contributed by atoms with Crippen LogP contribution < -0.4 is 0 Å². The molecule has 0 aromatic heterocycles. The summed E-state index contributed by atoms with van der Waals surface area (Å²) < 4.78 is 16.8. The van der Waals surface area contributed by atoms with Gasteiger partial charge in [-0.05, 0) is 50.0 Å². The maximum Gasteiger partial charge on any atom is 0.410 e. The van der Waals surface area contributed by atoms with Crippen molar-refractivity contribution in [2.75, 3.05) is 19.7 Å². The first kappa shape index (κ1) is 19.2. The highest BCUT2D eigenvalue weighted by atomic mass is 16.6. The number of benzene rings is 1. The van der Waals surface area contributed by atoms with E-state index in [1.54, 1.807) is 4.90 Å². The van der Waals surface area contributed by atoms with Gasteiger partial charge >= 0.3 is 12.1 Å². The van der Waals surface area contributed by atoms with E-state index in [0.717, 1.165) is 31.2 Å². The molecule has 4 atom stereocenters. The zero-order chi connectivity index (χ0) is 19.5. The number of esters is 1. The molecule has 4 rings (SSSR count). The first-order valence-corrected chi connectivity index (χ1v) is 10.4. The van der Waals surface area contributed by atoms with Crippen molar-refractivity contribution in [1.82, 2.24) is 4.90 Å². The van der Waals surface area contributed by atoms with Crippen LogP contribution in [0.4, 0.5) is 4.79 Å². The van der Waals surface area contributed by atoms with E-state index in [-0.39, 0.29) is 30.2 Å². The van der Waals surface area contributed by atoms with E-state index in [4.69, 9.17) is 14.2 Å². The summed E-state index contributed by atoms with van der Waals surface area (Å²) in [5, 5.41) is 0. The number of carbonyl (C=O) groups is 2. The standard InChI is InChI=1S/C22H29NO5/c1-2-26-21(24)20-18-12-17(13-19(18)20)28-16-8-10-23(11-9-16)22(25)27-14-15-6-4-3-5-7-15/h3-7,16-20H,2,8-14H2,1H3/t17?,18-,19+,20?. The zero-order valence-electron chi connectivity index (χ0n) is 16.4. The fourth-order valence-electron chi connectivity index (χ4n) is 4.75. The van der Waals surface area contributed by atoms with Gasteiger partial charge in [0.15, 0.2) is 0 Å². The van der Waals surface area contributed by atoms with E-state index in [1.165, 1.54) is 0 Å². The number of carbonyl (C=O) groups excluding carboxylic acids is 2. The van der Waals surface area contributed by atoms with Gasteiger partial charge in [0, 0.05) is 13.1 Å². The van der Waals surface area contributed by atoms with Crippen molar-refractivity contribution < 1.29 is 23.8 Å². The van der Waals surface area contributed by atoms with Crippen LogP contribution in [-0.2, 0) is 25.6 Å². The largest absolute Gasteiger partial charge is 0.466 e. The molecule has 152 valence electrons. The molecule has 0 radical (unpaired) electrons. The molecule has 28 heavy (non-hydrogen) atoms. The van der Waals surface area contributed by atoms with Crippen molar-refractivity contribution >= 4 is 12.1 Å². The number of rotatable bonds is 6. The molecule has 2 aliphatic carbocycles. The maximum atomic E-state index is 12.2. The van der Waals surface area contributed by atoms with Crippen molar-refractivity contribution in [2.45, 2.75) is 51.4 Å². The Balaban J connectivity index is 1.14. The Kier molecular flexibility index (Phi) is 5.85. The summed E-state index contributed by atoms with van der Waals surface area (Å²) in [6.45, 7) is 3.96. The van der Waals surface area contributed by atoms with Gasteiger partial charge in [-0.15, -0.1) is 0 Å². The van der Waals surface area contributed by atoms with Crippen LogP contribution in [0.5, 0.6) is 0 Å². The molecule has 2 saturated carbocycles. The summed E-state index contributed by atoms with van der Waals surface area (Å²) in [4.78, 5) is 25.9. The van der Waals surface area contributed by atoms with Crippen molar-refractivity contribution in [1.29, 1.82) is 0 Å². The van der Waals surface area contributed by atoms with Gasteiger partial charge in [-0.2, -0.15) is 0 Å². The van der Waals surface area contributed by atoms with E-state index in [1.807, 2.05) is 37.3 Å². The van der Waals surface area contributed by atoms with Gasteiger partial charge in [-0.1, -0.05) is 30.3 Å². The van der Waals surface area contributed by atoms with Gasteiger partial charge in [0.1, 0.15) is 6.61 Å². The molecule has 0 N–H and O–H groups in total. The number of amides is 1. The van der Waals surface area contributed by atoms with Crippen LogP contribution in [0.25, 0.3) is 0 Å². The molecule has 1 heterocycles. The second-order valence-electron chi connectivity index (χ2n) is 8.06. The van der Waals surface area contributed by atoms with Crippen LogP contribution in [0, 0.1) is 17.8 Å². The molecule has 0 spiro atoms. The lowest BCUT2D eigenvalue weighted by molar-refractivity contribution is -0.146. The summed E-state index contributed by atoms with van der Waals surface area (Å²) in [6, 6.07) is 9.72. The number of ether oxygens (including phenoxy) is 3. The summed E-state index contributed by atoms with van der Waals surface area (Å²) in [6.07, 6.45) is 3.81. The number of likely N-dealkylation sites (tertiary alicyclic amines) is 1. The molecular formula is C22H29NO5. The van der Waals surface area contributed by atoms with Crippen molar-refractivity contribution in [3.8, 4) is 0 Å². The molecule has 1 aliphatic heterocycles. The number of piperidine rings is 1. The molecule has 1 aromatic rings. The maximum absolute atomic E-state index is 12.2. The molecule has 6 heteroatoms. The average Bonchev–Trinajstić information content (AvgIpc) is 3.23. The lowest BCUT2D eigenvalue weighted by Crippen LogP contribution is -2.42. The predicted molar refractivity (Wildman–Crippen MR) is 102 cm³/mol. The summed E-state index contributed by atoms with van der Waals surface area (Å²) in [5.41, 5.74) is 0.995. The summed E-state index contributed by atoms with van der Waals surface area (Å²) in [5.74, 6) is 0.994. The zero-order valence-corrected chi connectivity index (χ0v) is 16.4. The number of nitrogens with zero attached hydrogens (tertiary/aromatic N) is 1. The quantitative estimate of drug-likeness (QED) is 0.700. The molecule has 1 saturated heterocycles. The van der Waals surface area contributed by atoms with Crippen LogP contribution in [0.3, 0.4) is 0 Å². The van der Waals surface area contributed by atoms with Crippen molar-refractivity contribution in [2.24, 2.45) is 17.8 Å². The van der Waals surface area contributed by atoms with Gasteiger partial charge in [-0.25, -0.2) is 4.79 Å². The van der Waals surface area contributed by atoms with Crippen LogP contribution in [0.1, 0.15) is 38.2 Å². The van der Waals surface area contributed by atoms with E-state index in [0.29, 0.717) is 38.1 Å². The van der Waals surface area contributed by atoms with Crippen LogP contribution in [-0.4, -0.2) is 48.9 Å². The first-order chi connectivity index (χ1) is 13.7. The second kappa shape index (κ2) is 8.52. The molecule has 0 bridgehead atoms. The summed E-state index contributed by atoms with van der Waals surface area (Å²) in [7, 11) is 0. The van der Waals surface area contributed by atoms with E-state index >= 15 is 0 Å². The van der Waals surface area contributed by atoms with Crippen molar-refractivity contribution in [3.63, 3.8) is 0 Å². The Morgan fingerprint density at radius 3 is 2.32 bits per heavy atom. The van der Waals surface area contributed by atoms with Gasteiger partial charge in [0.05, 0.1) is 24.7 Å². The van der Waals surface area contributed by atoms with Crippen LogP contribution in [0.15, 0.2) is 30.3 Å². The third-order valence-electron chi connectivity index (χ3n) is 6.25. The van der Waals surface area contributed by atoms with E-state index in [9.17, 15) is 9.59 Å².